The van der Waals surface area contributed by atoms with Crippen molar-refractivity contribution in [1.82, 2.24) is 5.16 Å². The lowest BCUT2D eigenvalue weighted by atomic mass is 10.0. The fourth-order valence-corrected chi connectivity index (χ4v) is 2.70. The van der Waals surface area contributed by atoms with Crippen LogP contribution >= 0.6 is 11.6 Å². The van der Waals surface area contributed by atoms with Crippen LogP contribution in [0, 0.1) is 12.7 Å². The van der Waals surface area contributed by atoms with Crippen LogP contribution in [0.4, 0.5) is 18.9 Å². The summed E-state index contributed by atoms with van der Waals surface area (Å²) in [6, 6.07) is 9.40. The lowest BCUT2D eigenvalue weighted by molar-refractivity contribution is -0.0498. The number of aromatic nitrogens is 1. The van der Waals surface area contributed by atoms with E-state index in [0.717, 1.165) is 0 Å². The Hall–Kier alpha value is -3.00. The van der Waals surface area contributed by atoms with Gasteiger partial charge in [0.25, 0.3) is 5.91 Å². The number of hydrogen-bond acceptors (Lipinski definition) is 4. The summed E-state index contributed by atoms with van der Waals surface area (Å²) in [5.41, 5.74) is 0.232. The number of alkyl halides is 2. The molecule has 140 valence electrons. The van der Waals surface area contributed by atoms with Gasteiger partial charge in [0.15, 0.2) is 0 Å². The van der Waals surface area contributed by atoms with Crippen LogP contribution in [0.3, 0.4) is 0 Å². The third-order valence-corrected chi connectivity index (χ3v) is 3.94. The Morgan fingerprint density at radius 2 is 1.93 bits per heavy atom. The van der Waals surface area contributed by atoms with Gasteiger partial charge in [0.2, 0.25) is 0 Å². The van der Waals surface area contributed by atoms with Crippen LogP contribution in [0.2, 0.25) is 5.02 Å². The molecule has 27 heavy (non-hydrogen) atoms. The Morgan fingerprint density at radius 3 is 2.56 bits per heavy atom. The first kappa shape index (κ1) is 18.8. The molecule has 5 nitrogen and oxygen atoms in total. The van der Waals surface area contributed by atoms with Crippen LogP contribution in [0.25, 0.3) is 11.3 Å². The standard InChI is InChI=1S/C18H12ClF3N2O3/c1-9-14(16(24-27-9)15-12(19)3-2-4-13(15)20)17(25)23-10-5-7-11(8-6-10)26-18(21)22/h2-8,18H,1H3,(H,23,25). The minimum atomic E-state index is -2.95. The molecule has 2 aromatic carbocycles. The molecule has 3 rings (SSSR count). The Bertz CT molecular complexity index is 954. The Labute approximate surface area is 156 Å². The van der Waals surface area contributed by atoms with Gasteiger partial charge in [-0.25, -0.2) is 4.39 Å². The summed E-state index contributed by atoms with van der Waals surface area (Å²) in [6.45, 7) is -1.45. The van der Waals surface area contributed by atoms with E-state index < -0.39 is 18.3 Å². The zero-order chi connectivity index (χ0) is 19.6. The van der Waals surface area contributed by atoms with Crippen LogP contribution in [-0.2, 0) is 0 Å². The van der Waals surface area contributed by atoms with E-state index in [1.165, 1.54) is 49.4 Å². The molecule has 0 saturated carbocycles. The number of ether oxygens (including phenoxy) is 1. The SMILES string of the molecule is Cc1onc(-c2c(F)cccc2Cl)c1C(=O)Nc1ccc(OC(F)F)cc1. The summed E-state index contributed by atoms with van der Waals surface area (Å²) in [5, 5.41) is 6.40. The monoisotopic (exact) mass is 396 g/mol. The first-order valence-electron chi connectivity index (χ1n) is 7.63. The maximum Gasteiger partial charge on any atom is 0.387 e. The number of halogens is 4. The van der Waals surface area contributed by atoms with E-state index in [0.29, 0.717) is 5.69 Å². The molecule has 0 aliphatic carbocycles. The fraction of sp³-hybridized carbons (Fsp3) is 0.111. The molecule has 1 aromatic heterocycles. The Kier molecular flexibility index (Phi) is 5.36. The predicted octanol–water partition coefficient (Wildman–Crippen LogP) is 5.30. The molecule has 1 amide bonds. The summed E-state index contributed by atoms with van der Waals surface area (Å²) < 4.78 is 47.8. The second-order valence-corrected chi connectivity index (χ2v) is 5.82. The number of rotatable bonds is 5. The normalized spacial score (nSPS) is 10.9. The van der Waals surface area contributed by atoms with Gasteiger partial charge in [-0.3, -0.25) is 4.79 Å². The number of carbonyl (C=O) groups excluding carboxylic acids is 1. The zero-order valence-corrected chi connectivity index (χ0v) is 14.6. The van der Waals surface area contributed by atoms with Gasteiger partial charge in [-0.05, 0) is 43.3 Å². The first-order valence-corrected chi connectivity index (χ1v) is 8.01. The minimum absolute atomic E-state index is 0.00917. The van der Waals surface area contributed by atoms with Crippen molar-refractivity contribution in [2.75, 3.05) is 5.32 Å². The van der Waals surface area contributed by atoms with Gasteiger partial charge in [-0.15, -0.1) is 0 Å². The largest absolute Gasteiger partial charge is 0.435 e. The van der Waals surface area contributed by atoms with Crippen molar-refractivity contribution in [3.8, 4) is 17.0 Å². The fourth-order valence-electron chi connectivity index (χ4n) is 2.45. The van der Waals surface area contributed by atoms with Gasteiger partial charge in [0.1, 0.15) is 28.6 Å². The summed E-state index contributed by atoms with van der Waals surface area (Å²) >= 11 is 6.04. The summed E-state index contributed by atoms with van der Waals surface area (Å²) in [6.07, 6.45) is 0. The third kappa shape index (κ3) is 4.06. The van der Waals surface area contributed by atoms with Crippen LogP contribution in [0.5, 0.6) is 5.75 Å². The number of anilines is 1. The third-order valence-electron chi connectivity index (χ3n) is 3.63. The number of aryl methyl sites for hydroxylation is 1. The van der Waals surface area contributed by atoms with Crippen molar-refractivity contribution in [3.05, 3.63) is 64.6 Å². The Balaban J connectivity index is 1.89. The van der Waals surface area contributed by atoms with Crippen molar-refractivity contribution in [2.24, 2.45) is 0 Å². The molecule has 0 spiro atoms. The Morgan fingerprint density at radius 1 is 1.22 bits per heavy atom. The van der Waals surface area contributed by atoms with E-state index in [9.17, 15) is 18.0 Å². The lowest BCUT2D eigenvalue weighted by Gasteiger charge is -2.09. The van der Waals surface area contributed by atoms with E-state index in [1.807, 2.05) is 0 Å². The van der Waals surface area contributed by atoms with Crippen molar-refractivity contribution in [1.29, 1.82) is 0 Å². The smallest absolute Gasteiger partial charge is 0.387 e. The molecular weight excluding hydrogens is 385 g/mol. The van der Waals surface area contributed by atoms with Gasteiger partial charge >= 0.3 is 6.61 Å². The molecule has 0 fully saturated rings. The van der Waals surface area contributed by atoms with Gasteiger partial charge < -0.3 is 14.6 Å². The maximum atomic E-state index is 14.2. The topological polar surface area (TPSA) is 64.4 Å². The number of benzene rings is 2. The maximum absolute atomic E-state index is 14.2. The minimum Gasteiger partial charge on any atom is -0.435 e. The van der Waals surface area contributed by atoms with Crippen molar-refractivity contribution in [2.45, 2.75) is 13.5 Å². The van der Waals surface area contributed by atoms with Crippen LogP contribution in [0.15, 0.2) is 47.0 Å². The second kappa shape index (κ2) is 7.71. The van der Waals surface area contributed by atoms with Crippen LogP contribution < -0.4 is 10.1 Å². The van der Waals surface area contributed by atoms with Crippen molar-refractivity contribution >= 4 is 23.2 Å². The van der Waals surface area contributed by atoms with Crippen LogP contribution in [0.1, 0.15) is 16.1 Å². The quantitative estimate of drug-likeness (QED) is 0.636. The molecule has 1 heterocycles. The molecule has 3 aromatic rings. The summed E-state index contributed by atoms with van der Waals surface area (Å²) in [4.78, 5) is 12.6. The second-order valence-electron chi connectivity index (χ2n) is 5.42. The average molecular weight is 397 g/mol. The van der Waals surface area contributed by atoms with E-state index in [1.54, 1.807) is 0 Å². The van der Waals surface area contributed by atoms with Gasteiger partial charge in [0, 0.05) is 5.69 Å². The molecule has 0 aliphatic heterocycles. The number of hydrogen-bond donors (Lipinski definition) is 1. The molecule has 1 N–H and O–H groups in total. The highest BCUT2D eigenvalue weighted by Gasteiger charge is 2.25. The highest BCUT2D eigenvalue weighted by atomic mass is 35.5. The van der Waals surface area contributed by atoms with E-state index >= 15 is 0 Å². The number of amides is 1. The summed E-state index contributed by atoms with van der Waals surface area (Å²) in [5.74, 6) is -1.16. The van der Waals surface area contributed by atoms with E-state index in [4.69, 9.17) is 16.1 Å². The molecule has 0 unspecified atom stereocenters. The predicted molar refractivity (Wildman–Crippen MR) is 92.7 cm³/mol. The lowest BCUT2D eigenvalue weighted by Crippen LogP contribution is -2.13. The first-order chi connectivity index (χ1) is 12.9. The average Bonchev–Trinajstić information content (AvgIpc) is 2.97. The van der Waals surface area contributed by atoms with Gasteiger partial charge in [-0.1, -0.05) is 22.8 Å². The number of nitrogens with zero attached hydrogens (tertiary/aromatic N) is 1. The zero-order valence-electron chi connectivity index (χ0n) is 13.8. The van der Waals surface area contributed by atoms with Gasteiger partial charge in [0.05, 0.1) is 10.6 Å². The highest BCUT2D eigenvalue weighted by Crippen LogP contribution is 2.33. The molecular formula is C18H12ClF3N2O3. The van der Waals surface area contributed by atoms with Crippen molar-refractivity contribution in [3.63, 3.8) is 0 Å². The molecule has 0 atom stereocenters. The summed E-state index contributed by atoms with van der Waals surface area (Å²) in [7, 11) is 0. The molecule has 0 radical (unpaired) electrons. The molecule has 0 aliphatic rings. The highest BCUT2D eigenvalue weighted by molar-refractivity contribution is 6.33. The van der Waals surface area contributed by atoms with E-state index in [2.05, 4.69) is 15.2 Å². The van der Waals surface area contributed by atoms with Crippen molar-refractivity contribution < 1.29 is 27.2 Å². The van der Waals surface area contributed by atoms with Gasteiger partial charge in [-0.2, -0.15) is 8.78 Å². The molecule has 9 heteroatoms. The molecule has 0 bridgehead atoms. The number of carbonyl (C=O) groups is 1. The van der Waals surface area contributed by atoms with E-state index in [-0.39, 0.29) is 33.4 Å². The molecule has 0 saturated heterocycles. The van der Waals surface area contributed by atoms with Crippen LogP contribution in [-0.4, -0.2) is 17.7 Å². The number of nitrogens with one attached hydrogen (secondary N) is 1.